The molecule has 9 nitrogen and oxygen atoms in total. The Morgan fingerprint density at radius 2 is 1.89 bits per heavy atom. The number of rotatable bonds is 7. The van der Waals surface area contributed by atoms with Crippen LogP contribution in [0.15, 0.2) is 36.8 Å². The summed E-state index contributed by atoms with van der Waals surface area (Å²) < 4.78 is 0. The summed E-state index contributed by atoms with van der Waals surface area (Å²) in [5.41, 5.74) is 1.51. The molecule has 3 aromatic rings. The molecule has 5 rings (SSSR count). The van der Waals surface area contributed by atoms with E-state index in [1.54, 1.807) is 23.5 Å². The van der Waals surface area contributed by atoms with Crippen molar-refractivity contribution in [2.75, 3.05) is 30.3 Å². The van der Waals surface area contributed by atoms with Crippen LogP contribution in [0.3, 0.4) is 0 Å². The molecule has 2 aliphatic rings. The van der Waals surface area contributed by atoms with E-state index >= 15 is 0 Å². The highest BCUT2D eigenvalue weighted by Gasteiger charge is 2.32. The van der Waals surface area contributed by atoms with E-state index in [-0.39, 0.29) is 11.8 Å². The minimum Gasteiger partial charge on any atom is -0.389 e. The van der Waals surface area contributed by atoms with Crippen molar-refractivity contribution in [3.63, 3.8) is 0 Å². The van der Waals surface area contributed by atoms with Crippen LogP contribution < -0.4 is 10.6 Å². The third-order valence-corrected chi connectivity index (χ3v) is 7.30. The molecule has 0 unspecified atom stereocenters. The summed E-state index contributed by atoms with van der Waals surface area (Å²) in [6.45, 7) is 3.49. The highest BCUT2D eigenvalue weighted by molar-refractivity contribution is 6.33. The van der Waals surface area contributed by atoms with Crippen LogP contribution in [0.4, 0.5) is 11.8 Å². The molecule has 1 saturated carbocycles. The standard InChI is InChI=1S/C25H30ClN7O2/c1-15(24(35)33-13-20(34)14-33)18-11-29-25(30-12-18)28-10-16-2-5-19(6-3-16)31-21-7-4-17-8-9-27-23(26)22(17)32-21/h4,7-9,11-12,15-16,19-20,34H,2-3,5-6,10,13-14H2,1H3,(H,31,32)(H,28,29,30)/t15-,16-,19-/m0/s1. The van der Waals surface area contributed by atoms with Crippen LogP contribution in [0.25, 0.3) is 10.9 Å². The molecule has 1 atom stereocenters. The van der Waals surface area contributed by atoms with E-state index in [0.29, 0.717) is 36.2 Å². The highest BCUT2D eigenvalue weighted by Crippen LogP contribution is 2.28. The van der Waals surface area contributed by atoms with E-state index < -0.39 is 6.10 Å². The lowest BCUT2D eigenvalue weighted by Crippen LogP contribution is -2.54. The molecule has 10 heteroatoms. The fraction of sp³-hybridized carbons (Fsp3) is 0.480. The van der Waals surface area contributed by atoms with Crippen LogP contribution >= 0.6 is 11.6 Å². The lowest BCUT2D eigenvalue weighted by atomic mass is 9.86. The number of carbonyl (C=O) groups is 1. The summed E-state index contributed by atoms with van der Waals surface area (Å²) in [7, 11) is 0. The Kier molecular flexibility index (Phi) is 6.97. The molecule has 3 aromatic heterocycles. The van der Waals surface area contributed by atoms with Crippen LogP contribution in [-0.4, -0.2) is 67.6 Å². The first-order valence-electron chi connectivity index (χ1n) is 12.2. The first-order chi connectivity index (χ1) is 17.0. The van der Waals surface area contributed by atoms with Gasteiger partial charge >= 0.3 is 0 Å². The van der Waals surface area contributed by atoms with Crippen molar-refractivity contribution in [3.05, 3.63) is 47.5 Å². The van der Waals surface area contributed by atoms with Crippen LogP contribution in [0.1, 0.15) is 44.1 Å². The van der Waals surface area contributed by atoms with Crippen molar-refractivity contribution in [2.24, 2.45) is 5.92 Å². The van der Waals surface area contributed by atoms with Gasteiger partial charge in [0.15, 0.2) is 5.15 Å². The molecular weight excluding hydrogens is 466 g/mol. The number of nitrogens with one attached hydrogen (secondary N) is 2. The molecule has 0 bridgehead atoms. The first kappa shape index (κ1) is 23.7. The Balaban J connectivity index is 1.07. The third kappa shape index (κ3) is 5.46. The predicted molar refractivity (Wildman–Crippen MR) is 135 cm³/mol. The first-order valence-corrected chi connectivity index (χ1v) is 12.5. The summed E-state index contributed by atoms with van der Waals surface area (Å²) in [6.07, 6.45) is 9.07. The van der Waals surface area contributed by atoms with Gasteiger partial charge in [0.1, 0.15) is 11.3 Å². The number of nitrogens with zero attached hydrogens (tertiary/aromatic N) is 5. The number of hydrogen-bond acceptors (Lipinski definition) is 8. The Morgan fingerprint density at radius 1 is 1.14 bits per heavy atom. The van der Waals surface area contributed by atoms with Gasteiger partial charge in [0.2, 0.25) is 11.9 Å². The van der Waals surface area contributed by atoms with Crippen molar-refractivity contribution in [3.8, 4) is 0 Å². The van der Waals surface area contributed by atoms with E-state index in [1.165, 1.54) is 0 Å². The number of β-amino-alcohol motifs (C(OH)–C–C–N with tert-alkyl or cyclic N) is 1. The Hall–Kier alpha value is -3.04. The molecule has 0 radical (unpaired) electrons. The summed E-state index contributed by atoms with van der Waals surface area (Å²) in [6, 6.07) is 6.31. The Labute approximate surface area is 209 Å². The van der Waals surface area contributed by atoms with E-state index in [1.807, 2.05) is 25.1 Å². The average molecular weight is 496 g/mol. The lowest BCUT2D eigenvalue weighted by molar-refractivity contribution is -0.142. The molecule has 4 heterocycles. The normalized spacial score (nSPS) is 21.4. The van der Waals surface area contributed by atoms with E-state index in [0.717, 1.165) is 54.5 Å². The largest absolute Gasteiger partial charge is 0.389 e. The number of likely N-dealkylation sites (tertiary alicyclic amines) is 1. The minimum absolute atomic E-state index is 0.00336. The molecule has 2 fully saturated rings. The van der Waals surface area contributed by atoms with Gasteiger partial charge in [-0.1, -0.05) is 11.6 Å². The monoisotopic (exact) mass is 495 g/mol. The van der Waals surface area contributed by atoms with Gasteiger partial charge in [0.05, 0.1) is 12.0 Å². The molecule has 1 aliphatic carbocycles. The van der Waals surface area contributed by atoms with E-state index in [4.69, 9.17) is 11.6 Å². The number of hydrogen-bond donors (Lipinski definition) is 3. The van der Waals surface area contributed by atoms with Crippen LogP contribution in [0, 0.1) is 5.92 Å². The number of pyridine rings is 2. The van der Waals surface area contributed by atoms with Crippen molar-refractivity contribution >= 4 is 40.2 Å². The van der Waals surface area contributed by atoms with Crippen molar-refractivity contribution in [1.82, 2.24) is 24.8 Å². The number of aliphatic hydroxyl groups is 1. The number of aliphatic hydroxyl groups excluding tert-OH is 1. The van der Waals surface area contributed by atoms with Crippen LogP contribution in [0.2, 0.25) is 5.15 Å². The molecule has 0 spiro atoms. The quantitative estimate of drug-likeness (QED) is 0.427. The van der Waals surface area contributed by atoms with Crippen molar-refractivity contribution in [2.45, 2.75) is 50.7 Å². The highest BCUT2D eigenvalue weighted by atomic mass is 35.5. The number of halogens is 1. The number of carbonyl (C=O) groups excluding carboxylic acids is 1. The number of aromatic nitrogens is 4. The average Bonchev–Trinajstić information content (AvgIpc) is 2.86. The van der Waals surface area contributed by atoms with Gasteiger partial charge in [-0.2, -0.15) is 0 Å². The summed E-state index contributed by atoms with van der Waals surface area (Å²) in [4.78, 5) is 31.7. The zero-order valence-electron chi connectivity index (χ0n) is 19.7. The maximum absolute atomic E-state index is 12.4. The molecule has 1 saturated heterocycles. The lowest BCUT2D eigenvalue weighted by Gasteiger charge is -2.37. The maximum Gasteiger partial charge on any atom is 0.230 e. The zero-order chi connectivity index (χ0) is 24.4. The van der Waals surface area contributed by atoms with Gasteiger partial charge in [-0.3, -0.25) is 4.79 Å². The number of anilines is 2. The van der Waals surface area contributed by atoms with Gasteiger partial charge in [0, 0.05) is 55.2 Å². The zero-order valence-corrected chi connectivity index (χ0v) is 20.4. The molecule has 3 N–H and O–H groups in total. The van der Waals surface area contributed by atoms with E-state index in [2.05, 4.69) is 30.6 Å². The molecule has 184 valence electrons. The topological polar surface area (TPSA) is 116 Å². The smallest absolute Gasteiger partial charge is 0.230 e. The Morgan fingerprint density at radius 3 is 2.60 bits per heavy atom. The summed E-state index contributed by atoms with van der Waals surface area (Å²) in [5.74, 6) is 1.66. The summed E-state index contributed by atoms with van der Waals surface area (Å²) >= 11 is 6.20. The van der Waals surface area contributed by atoms with Crippen LogP contribution in [-0.2, 0) is 4.79 Å². The van der Waals surface area contributed by atoms with Crippen LogP contribution in [0.5, 0.6) is 0 Å². The summed E-state index contributed by atoms with van der Waals surface area (Å²) in [5, 5.41) is 17.7. The van der Waals surface area contributed by atoms with Gasteiger partial charge in [0.25, 0.3) is 0 Å². The Bertz CT molecular complexity index is 1180. The van der Waals surface area contributed by atoms with Gasteiger partial charge < -0.3 is 20.6 Å². The fourth-order valence-electron chi connectivity index (χ4n) is 4.75. The third-order valence-electron chi connectivity index (χ3n) is 7.03. The molecular formula is C25H30ClN7O2. The molecule has 1 amide bonds. The molecule has 35 heavy (non-hydrogen) atoms. The van der Waals surface area contributed by atoms with Crippen molar-refractivity contribution in [1.29, 1.82) is 0 Å². The second-order valence-corrected chi connectivity index (χ2v) is 9.93. The van der Waals surface area contributed by atoms with Gasteiger partial charge in [-0.15, -0.1) is 0 Å². The molecule has 0 aromatic carbocycles. The fourth-order valence-corrected chi connectivity index (χ4v) is 4.96. The second kappa shape index (κ2) is 10.3. The maximum atomic E-state index is 12.4. The van der Waals surface area contributed by atoms with Crippen molar-refractivity contribution < 1.29 is 9.90 Å². The predicted octanol–water partition coefficient (Wildman–Crippen LogP) is 3.46. The minimum atomic E-state index is -0.396. The number of amides is 1. The second-order valence-electron chi connectivity index (χ2n) is 9.57. The number of fused-ring (bicyclic) bond motifs is 1. The molecule has 1 aliphatic heterocycles. The van der Waals surface area contributed by atoms with Gasteiger partial charge in [-0.25, -0.2) is 19.9 Å². The SMILES string of the molecule is C[C@H](C(=O)N1CC(O)C1)c1cnc(NC[C@H]2CC[C@H](Nc3ccc4ccnc(Cl)c4n3)CC2)nc1. The van der Waals surface area contributed by atoms with E-state index in [9.17, 15) is 9.90 Å². The van der Waals surface area contributed by atoms with Gasteiger partial charge in [-0.05, 0) is 56.7 Å².